The van der Waals surface area contributed by atoms with E-state index in [0.717, 1.165) is 25.7 Å². The molecule has 0 aliphatic heterocycles. The van der Waals surface area contributed by atoms with Crippen molar-refractivity contribution < 1.29 is 8.42 Å². The molecule has 0 amide bonds. The molecule has 1 aromatic rings. The maximum atomic E-state index is 12.8. The molecule has 1 fully saturated rings. The van der Waals surface area contributed by atoms with E-state index in [9.17, 15) is 8.42 Å². The second kappa shape index (κ2) is 6.69. The van der Waals surface area contributed by atoms with Crippen LogP contribution >= 0.6 is 0 Å². The summed E-state index contributed by atoms with van der Waals surface area (Å²) in [4.78, 5) is 0.280. The molecule has 2 rings (SSSR count). The van der Waals surface area contributed by atoms with Gasteiger partial charge in [-0.15, -0.1) is 0 Å². The normalized spacial score (nSPS) is 17.8. The van der Waals surface area contributed by atoms with Crippen molar-refractivity contribution >= 4 is 10.0 Å². The van der Waals surface area contributed by atoms with Gasteiger partial charge in [-0.1, -0.05) is 19.3 Å². The van der Waals surface area contributed by atoms with Gasteiger partial charge in [-0.3, -0.25) is 4.68 Å². The summed E-state index contributed by atoms with van der Waals surface area (Å²) in [6, 6.07) is 0.112. The Labute approximate surface area is 121 Å². The highest BCUT2D eigenvalue weighted by Gasteiger charge is 2.32. The van der Waals surface area contributed by atoms with E-state index in [1.54, 1.807) is 17.5 Å². The summed E-state index contributed by atoms with van der Waals surface area (Å²) in [5.74, 6) is 0. The lowest BCUT2D eigenvalue weighted by Crippen LogP contribution is -2.42. The molecule has 0 aromatic carbocycles. The zero-order valence-corrected chi connectivity index (χ0v) is 12.8. The van der Waals surface area contributed by atoms with Gasteiger partial charge < -0.3 is 5.73 Å². The molecule has 0 radical (unpaired) electrons. The van der Waals surface area contributed by atoms with Gasteiger partial charge in [0.05, 0.1) is 6.20 Å². The van der Waals surface area contributed by atoms with Crippen molar-refractivity contribution in [1.82, 2.24) is 14.1 Å². The molecule has 1 aliphatic carbocycles. The predicted molar refractivity (Wildman–Crippen MR) is 77.6 cm³/mol. The lowest BCUT2D eigenvalue weighted by atomic mass is 9.95. The van der Waals surface area contributed by atoms with E-state index in [2.05, 4.69) is 5.10 Å². The monoisotopic (exact) mass is 300 g/mol. The first-order valence-electron chi connectivity index (χ1n) is 7.26. The molecule has 20 heavy (non-hydrogen) atoms. The molecule has 0 spiro atoms. The second-order valence-electron chi connectivity index (χ2n) is 5.40. The summed E-state index contributed by atoms with van der Waals surface area (Å²) in [5.41, 5.74) is 5.55. The van der Waals surface area contributed by atoms with Crippen LogP contribution in [0.4, 0.5) is 0 Å². The third-order valence-corrected chi connectivity index (χ3v) is 5.76. The topological polar surface area (TPSA) is 81.2 Å². The molecule has 7 heteroatoms. The Morgan fingerprint density at radius 3 is 2.65 bits per heavy atom. The van der Waals surface area contributed by atoms with Crippen LogP contribution in [0.2, 0.25) is 0 Å². The van der Waals surface area contributed by atoms with Gasteiger partial charge >= 0.3 is 0 Å². The van der Waals surface area contributed by atoms with Crippen LogP contribution in [0.25, 0.3) is 0 Å². The van der Waals surface area contributed by atoms with E-state index in [0.29, 0.717) is 19.5 Å². The number of aryl methyl sites for hydroxylation is 1. The third kappa shape index (κ3) is 3.39. The van der Waals surface area contributed by atoms with Gasteiger partial charge in [-0.05, 0) is 25.8 Å². The van der Waals surface area contributed by atoms with Crippen molar-refractivity contribution in [3.8, 4) is 0 Å². The van der Waals surface area contributed by atoms with Crippen LogP contribution in [0.5, 0.6) is 0 Å². The Morgan fingerprint density at radius 2 is 2.10 bits per heavy atom. The highest BCUT2D eigenvalue weighted by Crippen LogP contribution is 2.27. The summed E-state index contributed by atoms with van der Waals surface area (Å²) in [5, 5.41) is 3.98. The molecular weight excluding hydrogens is 276 g/mol. The summed E-state index contributed by atoms with van der Waals surface area (Å²) in [6.45, 7) is 1.00. The quantitative estimate of drug-likeness (QED) is 0.852. The van der Waals surface area contributed by atoms with Crippen LogP contribution in [-0.4, -0.2) is 41.6 Å². The Hall–Kier alpha value is -0.920. The fraction of sp³-hybridized carbons (Fsp3) is 0.769. The van der Waals surface area contributed by atoms with Crippen LogP contribution in [0, 0.1) is 0 Å². The molecule has 1 heterocycles. The summed E-state index contributed by atoms with van der Waals surface area (Å²) in [6.07, 6.45) is 8.98. The Balaban J connectivity index is 2.24. The predicted octanol–water partition coefficient (Wildman–Crippen LogP) is 1.09. The minimum absolute atomic E-state index is 0.112. The maximum Gasteiger partial charge on any atom is 0.246 e. The van der Waals surface area contributed by atoms with Crippen molar-refractivity contribution in [2.24, 2.45) is 12.8 Å². The SMILES string of the molecule is Cn1cc(S(=O)(=O)N(CCCN)C2CCCCC2)cn1. The van der Waals surface area contributed by atoms with Crippen molar-refractivity contribution in [2.75, 3.05) is 13.1 Å². The molecule has 0 unspecified atom stereocenters. The van der Waals surface area contributed by atoms with Crippen molar-refractivity contribution in [2.45, 2.75) is 49.5 Å². The minimum atomic E-state index is -3.46. The average Bonchev–Trinajstić information content (AvgIpc) is 2.88. The van der Waals surface area contributed by atoms with Gasteiger partial charge in [-0.2, -0.15) is 9.40 Å². The summed E-state index contributed by atoms with van der Waals surface area (Å²) in [7, 11) is -1.73. The van der Waals surface area contributed by atoms with E-state index in [4.69, 9.17) is 5.73 Å². The van der Waals surface area contributed by atoms with Gasteiger partial charge in [0.1, 0.15) is 4.90 Å². The highest BCUT2D eigenvalue weighted by atomic mass is 32.2. The van der Waals surface area contributed by atoms with Crippen LogP contribution in [0.15, 0.2) is 17.3 Å². The number of rotatable bonds is 6. The largest absolute Gasteiger partial charge is 0.330 e. The van der Waals surface area contributed by atoms with E-state index in [1.807, 2.05) is 0 Å². The van der Waals surface area contributed by atoms with E-state index in [1.165, 1.54) is 17.3 Å². The first-order chi connectivity index (χ1) is 9.55. The molecule has 0 saturated heterocycles. The Morgan fingerprint density at radius 1 is 1.40 bits per heavy atom. The van der Waals surface area contributed by atoms with Crippen molar-refractivity contribution in [3.63, 3.8) is 0 Å². The smallest absolute Gasteiger partial charge is 0.246 e. The average molecular weight is 300 g/mol. The number of nitrogens with two attached hydrogens (primary N) is 1. The summed E-state index contributed by atoms with van der Waals surface area (Å²) < 4.78 is 28.7. The van der Waals surface area contributed by atoms with Crippen molar-refractivity contribution in [3.05, 3.63) is 12.4 Å². The van der Waals surface area contributed by atoms with E-state index in [-0.39, 0.29) is 10.9 Å². The van der Waals surface area contributed by atoms with Crippen LogP contribution in [-0.2, 0) is 17.1 Å². The fourth-order valence-electron chi connectivity index (χ4n) is 2.78. The third-order valence-electron chi connectivity index (χ3n) is 3.85. The molecule has 6 nitrogen and oxygen atoms in total. The van der Waals surface area contributed by atoms with Crippen molar-refractivity contribution in [1.29, 1.82) is 0 Å². The van der Waals surface area contributed by atoms with Gasteiger partial charge in [0.25, 0.3) is 0 Å². The lowest BCUT2D eigenvalue weighted by molar-refractivity contribution is 0.252. The van der Waals surface area contributed by atoms with Gasteiger partial charge in [0.15, 0.2) is 0 Å². The number of hydrogen-bond donors (Lipinski definition) is 1. The van der Waals surface area contributed by atoms with Gasteiger partial charge in [0.2, 0.25) is 10.0 Å². The fourth-order valence-corrected chi connectivity index (χ4v) is 4.49. The van der Waals surface area contributed by atoms with E-state index >= 15 is 0 Å². The van der Waals surface area contributed by atoms with E-state index < -0.39 is 10.0 Å². The lowest BCUT2D eigenvalue weighted by Gasteiger charge is -2.33. The summed E-state index contributed by atoms with van der Waals surface area (Å²) >= 11 is 0. The standard InChI is InChI=1S/C13H24N4O2S/c1-16-11-13(10-15-16)20(18,19)17(9-5-8-14)12-6-3-2-4-7-12/h10-12H,2-9,14H2,1H3. The molecule has 0 bridgehead atoms. The maximum absolute atomic E-state index is 12.8. The molecule has 0 atom stereocenters. The first-order valence-corrected chi connectivity index (χ1v) is 8.70. The van der Waals surface area contributed by atoms with Gasteiger partial charge in [0, 0.05) is 25.8 Å². The zero-order chi connectivity index (χ0) is 14.6. The molecule has 1 aromatic heterocycles. The Kier molecular flexibility index (Phi) is 5.17. The number of nitrogens with zero attached hydrogens (tertiary/aromatic N) is 3. The van der Waals surface area contributed by atoms with Crippen LogP contribution in [0.3, 0.4) is 0 Å². The van der Waals surface area contributed by atoms with Crippen LogP contribution in [0.1, 0.15) is 38.5 Å². The molecule has 1 saturated carbocycles. The van der Waals surface area contributed by atoms with Gasteiger partial charge in [-0.25, -0.2) is 8.42 Å². The molecule has 2 N–H and O–H groups in total. The number of hydrogen-bond acceptors (Lipinski definition) is 4. The number of sulfonamides is 1. The second-order valence-corrected chi connectivity index (χ2v) is 7.29. The first kappa shape index (κ1) is 15.5. The Bertz CT molecular complexity index is 520. The molecular formula is C13H24N4O2S. The molecule has 1 aliphatic rings. The minimum Gasteiger partial charge on any atom is -0.330 e. The highest BCUT2D eigenvalue weighted by molar-refractivity contribution is 7.89. The zero-order valence-electron chi connectivity index (χ0n) is 12.0. The molecule has 114 valence electrons. The van der Waals surface area contributed by atoms with Crippen LogP contribution < -0.4 is 5.73 Å². The number of aromatic nitrogens is 2.